The Kier molecular flexibility index (Phi) is 5.40. The van der Waals surface area contributed by atoms with Crippen LogP contribution >= 0.6 is 0 Å². The summed E-state index contributed by atoms with van der Waals surface area (Å²) in [5.41, 5.74) is 4.00. The molecule has 112 valence electrons. The molecule has 2 N–H and O–H groups in total. The van der Waals surface area contributed by atoms with Gasteiger partial charge >= 0.3 is 0 Å². The van der Waals surface area contributed by atoms with Crippen LogP contribution in [0.5, 0.6) is 5.75 Å². The molecule has 2 rings (SSSR count). The van der Waals surface area contributed by atoms with E-state index >= 15 is 0 Å². The molecule has 0 fully saturated rings. The number of aliphatic hydroxyl groups excluding tert-OH is 1. The van der Waals surface area contributed by atoms with Gasteiger partial charge in [-0.2, -0.15) is 0 Å². The quantitative estimate of drug-likeness (QED) is 0.778. The summed E-state index contributed by atoms with van der Waals surface area (Å²) in [6.07, 6.45) is 1.10. The molecule has 0 aliphatic carbocycles. The Morgan fingerprint density at radius 1 is 1.45 bits per heavy atom. The number of fused-ring (bicyclic) bond motifs is 1. The number of ether oxygens (including phenoxy) is 1. The summed E-state index contributed by atoms with van der Waals surface area (Å²) in [7, 11) is 1.72. The van der Waals surface area contributed by atoms with E-state index in [-0.39, 0.29) is 6.61 Å². The van der Waals surface area contributed by atoms with Crippen LogP contribution in [-0.2, 0) is 13.0 Å². The number of nitrogens with zero attached hydrogens (tertiary/aromatic N) is 1. The normalized spacial score (nSPS) is 18.9. The Bertz CT molecular complexity index is 448. The van der Waals surface area contributed by atoms with Crippen LogP contribution in [0.3, 0.4) is 0 Å². The van der Waals surface area contributed by atoms with Crippen molar-refractivity contribution in [1.82, 2.24) is 10.2 Å². The average Bonchev–Trinajstić information content (AvgIpc) is 2.47. The number of aliphatic hydroxyl groups is 1. The molecule has 0 saturated carbocycles. The summed E-state index contributed by atoms with van der Waals surface area (Å²) >= 11 is 0. The van der Waals surface area contributed by atoms with Gasteiger partial charge in [-0.3, -0.25) is 4.90 Å². The molecule has 0 bridgehead atoms. The first-order chi connectivity index (χ1) is 9.71. The van der Waals surface area contributed by atoms with E-state index in [1.54, 1.807) is 7.11 Å². The fourth-order valence-corrected chi connectivity index (χ4v) is 3.01. The molecule has 1 atom stereocenters. The molecule has 4 nitrogen and oxygen atoms in total. The first kappa shape index (κ1) is 15.3. The maximum absolute atomic E-state index is 8.85. The molecule has 20 heavy (non-hydrogen) atoms. The van der Waals surface area contributed by atoms with Crippen LogP contribution in [0.1, 0.15) is 36.6 Å². The minimum atomic E-state index is 0.162. The van der Waals surface area contributed by atoms with Gasteiger partial charge in [-0.25, -0.2) is 0 Å². The second-order valence-electron chi connectivity index (χ2n) is 5.32. The molecule has 0 saturated heterocycles. The molecule has 1 aliphatic heterocycles. The first-order valence-electron chi connectivity index (χ1n) is 7.46. The zero-order chi connectivity index (χ0) is 14.5. The lowest BCUT2D eigenvalue weighted by atomic mass is 9.91. The lowest BCUT2D eigenvalue weighted by Crippen LogP contribution is -2.34. The lowest BCUT2D eigenvalue weighted by molar-refractivity contribution is 0.209. The third-order valence-corrected chi connectivity index (χ3v) is 4.22. The van der Waals surface area contributed by atoms with Crippen LogP contribution in [-0.4, -0.2) is 43.4 Å². The number of methoxy groups -OCH3 is 1. The van der Waals surface area contributed by atoms with Crippen molar-refractivity contribution in [2.24, 2.45) is 0 Å². The Morgan fingerprint density at radius 3 is 2.90 bits per heavy atom. The molecule has 0 spiro atoms. The van der Waals surface area contributed by atoms with Crippen LogP contribution in [0.2, 0.25) is 0 Å². The van der Waals surface area contributed by atoms with Crippen molar-refractivity contribution in [2.75, 3.05) is 33.4 Å². The summed E-state index contributed by atoms with van der Waals surface area (Å²) in [5.74, 6) is 0.944. The average molecular weight is 278 g/mol. The monoisotopic (exact) mass is 278 g/mol. The number of benzene rings is 1. The molecule has 1 heterocycles. The van der Waals surface area contributed by atoms with E-state index in [2.05, 4.69) is 36.2 Å². The van der Waals surface area contributed by atoms with Gasteiger partial charge in [-0.1, -0.05) is 13.0 Å². The fourth-order valence-electron chi connectivity index (χ4n) is 3.01. The summed E-state index contributed by atoms with van der Waals surface area (Å²) in [6.45, 7) is 8.21. The molecule has 0 amide bonds. The Morgan fingerprint density at radius 2 is 2.25 bits per heavy atom. The van der Waals surface area contributed by atoms with E-state index in [4.69, 9.17) is 9.84 Å². The second-order valence-corrected chi connectivity index (χ2v) is 5.32. The largest absolute Gasteiger partial charge is 0.496 e. The highest BCUT2D eigenvalue weighted by Gasteiger charge is 2.24. The van der Waals surface area contributed by atoms with Crippen molar-refractivity contribution >= 4 is 0 Å². The zero-order valence-electron chi connectivity index (χ0n) is 12.8. The summed E-state index contributed by atoms with van der Waals surface area (Å²) in [5, 5.41) is 12.1. The highest BCUT2D eigenvalue weighted by molar-refractivity contribution is 5.45. The molecule has 1 aliphatic rings. The standard InChI is InChI=1S/C16H26N2O2/c1-4-18-7-5-13-9-14(11-17-6-8-19)16(20-3)10-15(13)12(18)2/h9-10,12,17,19H,4-8,11H2,1-3H3. The minimum Gasteiger partial charge on any atom is -0.496 e. The van der Waals surface area contributed by atoms with Gasteiger partial charge in [0.1, 0.15) is 5.75 Å². The van der Waals surface area contributed by atoms with E-state index in [0.717, 1.165) is 31.8 Å². The maximum Gasteiger partial charge on any atom is 0.123 e. The highest BCUT2D eigenvalue weighted by atomic mass is 16.5. The lowest BCUT2D eigenvalue weighted by Gasteiger charge is -2.35. The van der Waals surface area contributed by atoms with Crippen molar-refractivity contribution in [3.05, 3.63) is 28.8 Å². The number of hydrogen-bond donors (Lipinski definition) is 2. The topological polar surface area (TPSA) is 44.7 Å². The van der Waals surface area contributed by atoms with Crippen LogP contribution in [0, 0.1) is 0 Å². The van der Waals surface area contributed by atoms with E-state index in [1.165, 1.54) is 16.7 Å². The van der Waals surface area contributed by atoms with E-state index < -0.39 is 0 Å². The number of likely N-dealkylation sites (N-methyl/N-ethyl adjacent to an activating group) is 1. The van der Waals surface area contributed by atoms with E-state index in [0.29, 0.717) is 12.6 Å². The van der Waals surface area contributed by atoms with Crippen molar-refractivity contribution in [1.29, 1.82) is 0 Å². The predicted octanol–water partition coefficient (Wildman–Crippen LogP) is 1.72. The van der Waals surface area contributed by atoms with Crippen LogP contribution in [0.4, 0.5) is 0 Å². The molecular formula is C16H26N2O2. The van der Waals surface area contributed by atoms with Crippen LogP contribution in [0.25, 0.3) is 0 Å². The second kappa shape index (κ2) is 7.07. The van der Waals surface area contributed by atoms with Gasteiger partial charge in [0.25, 0.3) is 0 Å². The van der Waals surface area contributed by atoms with Gasteiger partial charge in [0, 0.05) is 31.2 Å². The Balaban J connectivity index is 2.25. The molecule has 4 heteroatoms. The molecular weight excluding hydrogens is 252 g/mol. The molecule has 1 aromatic rings. The van der Waals surface area contributed by atoms with Gasteiger partial charge in [-0.05, 0) is 37.1 Å². The SMILES string of the molecule is CCN1CCc2cc(CNCCO)c(OC)cc2C1C. The first-order valence-corrected chi connectivity index (χ1v) is 7.46. The van der Waals surface area contributed by atoms with Crippen LogP contribution in [0.15, 0.2) is 12.1 Å². The summed E-state index contributed by atoms with van der Waals surface area (Å²) in [6, 6.07) is 4.91. The van der Waals surface area contributed by atoms with E-state index in [9.17, 15) is 0 Å². The number of rotatable bonds is 6. The van der Waals surface area contributed by atoms with Crippen molar-refractivity contribution in [3.8, 4) is 5.75 Å². The van der Waals surface area contributed by atoms with Crippen molar-refractivity contribution in [2.45, 2.75) is 32.9 Å². The molecule has 0 aromatic heterocycles. The fraction of sp³-hybridized carbons (Fsp3) is 0.625. The minimum absolute atomic E-state index is 0.162. The molecule has 1 unspecified atom stereocenters. The third kappa shape index (κ3) is 3.14. The van der Waals surface area contributed by atoms with Gasteiger partial charge in [-0.15, -0.1) is 0 Å². The van der Waals surface area contributed by atoms with Gasteiger partial charge in [0.2, 0.25) is 0 Å². The van der Waals surface area contributed by atoms with Gasteiger partial charge < -0.3 is 15.2 Å². The highest BCUT2D eigenvalue weighted by Crippen LogP contribution is 2.34. The maximum atomic E-state index is 8.85. The predicted molar refractivity (Wildman–Crippen MR) is 81.2 cm³/mol. The van der Waals surface area contributed by atoms with Crippen LogP contribution < -0.4 is 10.1 Å². The Hall–Kier alpha value is -1.10. The third-order valence-electron chi connectivity index (χ3n) is 4.22. The number of hydrogen-bond acceptors (Lipinski definition) is 4. The molecule has 0 radical (unpaired) electrons. The Labute approximate surface area is 121 Å². The number of nitrogens with one attached hydrogen (secondary N) is 1. The van der Waals surface area contributed by atoms with Gasteiger partial charge in [0.05, 0.1) is 13.7 Å². The zero-order valence-corrected chi connectivity index (χ0v) is 12.8. The van der Waals surface area contributed by atoms with E-state index in [1.807, 2.05) is 0 Å². The van der Waals surface area contributed by atoms with Crippen molar-refractivity contribution < 1.29 is 9.84 Å². The summed E-state index contributed by atoms with van der Waals surface area (Å²) in [4.78, 5) is 2.49. The van der Waals surface area contributed by atoms with Crippen molar-refractivity contribution in [3.63, 3.8) is 0 Å². The summed E-state index contributed by atoms with van der Waals surface area (Å²) < 4.78 is 5.54. The van der Waals surface area contributed by atoms with Gasteiger partial charge in [0.15, 0.2) is 0 Å². The smallest absolute Gasteiger partial charge is 0.123 e. The molecule has 1 aromatic carbocycles.